The third-order valence-electron chi connectivity index (χ3n) is 5.10. The zero-order valence-electron chi connectivity index (χ0n) is 17.9. The Morgan fingerprint density at radius 2 is 1.87 bits per heavy atom. The van der Waals surface area contributed by atoms with Crippen LogP contribution in [0.25, 0.3) is 0 Å². The number of hydrogen-bond donors (Lipinski definition) is 1. The summed E-state index contributed by atoms with van der Waals surface area (Å²) in [6.45, 7) is 3.61. The van der Waals surface area contributed by atoms with Gasteiger partial charge in [0.05, 0.1) is 24.6 Å². The lowest BCUT2D eigenvalue weighted by atomic mass is 10.1. The molecule has 0 unspecified atom stereocenters. The molecule has 0 aromatic heterocycles. The van der Waals surface area contributed by atoms with E-state index in [9.17, 15) is 18.0 Å². The Balaban J connectivity index is 1.60. The van der Waals surface area contributed by atoms with Crippen molar-refractivity contribution >= 4 is 27.6 Å². The maximum atomic E-state index is 12.5. The molecule has 1 aliphatic rings. The zero-order chi connectivity index (χ0) is 22.8. The molecular formula is C22H26N2O6S. The molecule has 0 saturated carbocycles. The molecule has 1 amide bonds. The number of hydrogen-bond acceptors (Lipinski definition) is 6. The average molecular weight is 447 g/mol. The summed E-state index contributed by atoms with van der Waals surface area (Å²) in [7, 11) is -1.83. The van der Waals surface area contributed by atoms with Crippen molar-refractivity contribution in [2.24, 2.45) is 0 Å². The van der Waals surface area contributed by atoms with Gasteiger partial charge in [0.1, 0.15) is 5.75 Å². The van der Waals surface area contributed by atoms with Crippen LogP contribution >= 0.6 is 0 Å². The molecule has 8 nitrogen and oxygen atoms in total. The predicted molar refractivity (Wildman–Crippen MR) is 117 cm³/mol. The number of rotatable bonds is 7. The molecule has 2 aromatic rings. The van der Waals surface area contributed by atoms with Crippen molar-refractivity contribution in [3.63, 3.8) is 0 Å². The minimum Gasteiger partial charge on any atom is -0.497 e. The number of carbonyl (C=O) groups excluding carboxylic acids is 2. The topological polar surface area (TPSA) is 102 Å². The first kappa shape index (κ1) is 22.6. The first-order chi connectivity index (χ1) is 14.6. The van der Waals surface area contributed by atoms with Crippen molar-refractivity contribution in [1.82, 2.24) is 5.32 Å². The van der Waals surface area contributed by atoms with Gasteiger partial charge in [0.15, 0.2) is 6.10 Å². The highest BCUT2D eigenvalue weighted by Gasteiger charge is 2.33. The zero-order valence-corrected chi connectivity index (χ0v) is 18.7. The van der Waals surface area contributed by atoms with E-state index in [1.807, 2.05) is 19.1 Å². The number of nitrogens with zero attached hydrogens (tertiary/aromatic N) is 1. The van der Waals surface area contributed by atoms with Gasteiger partial charge in [-0.05, 0) is 61.7 Å². The normalized spacial score (nSPS) is 16.4. The fraction of sp³-hybridized carbons (Fsp3) is 0.364. The SMILES string of the molecule is COc1ccc(CNC(=O)[C@H](C)OC(=O)c2ccc3c(c2)C[C@@H](C)N3S(C)(=O)=O)cc1. The second-order valence-electron chi connectivity index (χ2n) is 7.57. The Labute approximate surface area is 182 Å². The Kier molecular flexibility index (Phi) is 6.54. The van der Waals surface area contributed by atoms with Crippen LogP contribution in [0.4, 0.5) is 5.69 Å². The molecular weight excluding hydrogens is 420 g/mol. The number of sulfonamides is 1. The van der Waals surface area contributed by atoms with Crippen molar-refractivity contribution in [2.45, 2.75) is 39.0 Å². The summed E-state index contributed by atoms with van der Waals surface area (Å²) in [6.07, 6.45) is 0.680. The van der Waals surface area contributed by atoms with Crippen LogP contribution in [0.2, 0.25) is 0 Å². The number of esters is 1. The molecule has 166 valence electrons. The Bertz CT molecular complexity index is 1080. The monoisotopic (exact) mass is 446 g/mol. The smallest absolute Gasteiger partial charge is 0.338 e. The van der Waals surface area contributed by atoms with Crippen LogP contribution in [0.15, 0.2) is 42.5 Å². The molecule has 0 fully saturated rings. The van der Waals surface area contributed by atoms with Crippen molar-refractivity contribution in [3.8, 4) is 5.75 Å². The van der Waals surface area contributed by atoms with Gasteiger partial charge in [0.2, 0.25) is 10.0 Å². The number of anilines is 1. The lowest BCUT2D eigenvalue weighted by molar-refractivity contribution is -0.129. The molecule has 0 radical (unpaired) electrons. The largest absolute Gasteiger partial charge is 0.497 e. The second-order valence-corrected chi connectivity index (χ2v) is 9.43. The standard InChI is InChI=1S/C22H26N2O6S/c1-14-11-18-12-17(7-10-20(18)24(14)31(4,27)28)22(26)30-15(2)21(25)23-13-16-5-8-19(29-3)9-6-16/h5-10,12,14-15H,11,13H2,1-4H3,(H,23,25)/t14-,15+/m1/s1. The van der Waals surface area contributed by atoms with Crippen LogP contribution in [0, 0.1) is 0 Å². The summed E-state index contributed by atoms with van der Waals surface area (Å²) in [5.41, 5.74) is 2.48. The Morgan fingerprint density at radius 1 is 1.19 bits per heavy atom. The second kappa shape index (κ2) is 8.97. The third kappa shape index (κ3) is 5.16. The molecule has 2 atom stereocenters. The number of nitrogens with one attached hydrogen (secondary N) is 1. The quantitative estimate of drug-likeness (QED) is 0.655. The van der Waals surface area contributed by atoms with E-state index in [1.165, 1.54) is 17.3 Å². The first-order valence-corrected chi connectivity index (χ1v) is 11.7. The number of carbonyl (C=O) groups is 2. The summed E-state index contributed by atoms with van der Waals surface area (Å²) in [5, 5.41) is 2.73. The first-order valence-electron chi connectivity index (χ1n) is 9.84. The van der Waals surface area contributed by atoms with Gasteiger partial charge in [-0.25, -0.2) is 13.2 Å². The van der Waals surface area contributed by atoms with Gasteiger partial charge >= 0.3 is 5.97 Å². The molecule has 0 saturated heterocycles. The van der Waals surface area contributed by atoms with E-state index < -0.39 is 28.0 Å². The summed E-state index contributed by atoms with van der Waals surface area (Å²) in [6, 6.07) is 11.8. The van der Waals surface area contributed by atoms with Crippen LogP contribution in [-0.4, -0.2) is 45.8 Å². The number of ether oxygens (including phenoxy) is 2. The van der Waals surface area contributed by atoms with E-state index in [-0.39, 0.29) is 11.6 Å². The summed E-state index contributed by atoms with van der Waals surface area (Å²) >= 11 is 0. The third-order valence-corrected chi connectivity index (χ3v) is 6.38. The molecule has 1 heterocycles. The molecule has 0 bridgehead atoms. The van der Waals surface area contributed by atoms with Crippen molar-refractivity contribution in [1.29, 1.82) is 0 Å². The fourth-order valence-electron chi connectivity index (χ4n) is 3.59. The van der Waals surface area contributed by atoms with E-state index in [0.29, 0.717) is 18.7 Å². The van der Waals surface area contributed by atoms with E-state index in [0.717, 1.165) is 23.1 Å². The molecule has 9 heteroatoms. The molecule has 2 aromatic carbocycles. The maximum Gasteiger partial charge on any atom is 0.338 e. The van der Waals surface area contributed by atoms with Crippen molar-refractivity contribution < 1.29 is 27.5 Å². The van der Waals surface area contributed by atoms with Crippen molar-refractivity contribution in [3.05, 3.63) is 59.2 Å². The number of fused-ring (bicyclic) bond motifs is 1. The fourth-order valence-corrected chi connectivity index (χ4v) is 4.86. The minimum absolute atomic E-state index is 0.223. The summed E-state index contributed by atoms with van der Waals surface area (Å²) < 4.78 is 35.8. The molecule has 1 aliphatic heterocycles. The minimum atomic E-state index is -3.40. The van der Waals surface area contributed by atoms with Gasteiger partial charge in [-0.3, -0.25) is 9.10 Å². The Hall–Kier alpha value is -3.07. The van der Waals surface area contributed by atoms with Gasteiger partial charge in [-0.1, -0.05) is 12.1 Å². The van der Waals surface area contributed by atoms with Gasteiger partial charge in [-0.15, -0.1) is 0 Å². The van der Waals surface area contributed by atoms with Gasteiger partial charge in [0, 0.05) is 12.6 Å². The highest BCUT2D eigenvalue weighted by Crippen LogP contribution is 2.34. The Morgan fingerprint density at radius 3 is 2.48 bits per heavy atom. The van der Waals surface area contributed by atoms with E-state index in [1.54, 1.807) is 31.4 Å². The van der Waals surface area contributed by atoms with E-state index >= 15 is 0 Å². The lowest BCUT2D eigenvalue weighted by Crippen LogP contribution is -2.35. The van der Waals surface area contributed by atoms with E-state index in [4.69, 9.17) is 9.47 Å². The molecule has 0 aliphatic carbocycles. The van der Waals surface area contributed by atoms with Crippen LogP contribution < -0.4 is 14.4 Å². The van der Waals surface area contributed by atoms with Gasteiger partial charge in [0.25, 0.3) is 5.91 Å². The van der Waals surface area contributed by atoms with E-state index in [2.05, 4.69) is 5.32 Å². The van der Waals surface area contributed by atoms with Crippen LogP contribution in [-0.2, 0) is 32.5 Å². The van der Waals surface area contributed by atoms with Crippen LogP contribution in [0.5, 0.6) is 5.75 Å². The van der Waals surface area contributed by atoms with Crippen LogP contribution in [0.1, 0.15) is 35.3 Å². The highest BCUT2D eigenvalue weighted by atomic mass is 32.2. The highest BCUT2D eigenvalue weighted by molar-refractivity contribution is 7.92. The van der Waals surface area contributed by atoms with Gasteiger partial charge in [-0.2, -0.15) is 0 Å². The number of amides is 1. The predicted octanol–water partition coefficient (Wildman–Crippen LogP) is 2.27. The summed E-state index contributed by atoms with van der Waals surface area (Å²) in [5.74, 6) is -0.330. The van der Waals surface area contributed by atoms with Crippen LogP contribution in [0.3, 0.4) is 0 Å². The lowest BCUT2D eigenvalue weighted by Gasteiger charge is -2.22. The molecule has 1 N–H and O–H groups in total. The molecule has 3 rings (SSSR count). The molecule has 0 spiro atoms. The molecule has 31 heavy (non-hydrogen) atoms. The van der Waals surface area contributed by atoms with Gasteiger partial charge < -0.3 is 14.8 Å². The number of benzene rings is 2. The summed E-state index contributed by atoms with van der Waals surface area (Å²) in [4.78, 5) is 24.8. The average Bonchev–Trinajstić information content (AvgIpc) is 3.07. The van der Waals surface area contributed by atoms with Crippen molar-refractivity contribution in [2.75, 3.05) is 17.7 Å². The maximum absolute atomic E-state index is 12.5. The number of methoxy groups -OCH3 is 1.